The van der Waals surface area contributed by atoms with Crippen LogP contribution in [-0.4, -0.2) is 5.11 Å². The first-order valence-electron chi connectivity index (χ1n) is 11.4. The molecule has 7 heteroatoms. The van der Waals surface area contributed by atoms with Crippen LogP contribution in [0.15, 0.2) is 115 Å². The van der Waals surface area contributed by atoms with Crippen molar-refractivity contribution < 1.29 is 31.4 Å². The monoisotopic (exact) mass is 522 g/mol. The van der Waals surface area contributed by atoms with Crippen molar-refractivity contribution in [3.8, 4) is 11.8 Å². The molecule has 0 aliphatic heterocycles. The van der Waals surface area contributed by atoms with Crippen molar-refractivity contribution in [2.24, 2.45) is 0 Å². The first-order valence-corrected chi connectivity index (χ1v) is 11.4. The van der Waals surface area contributed by atoms with Crippen molar-refractivity contribution in [3.05, 3.63) is 148 Å². The Balaban J connectivity index is 1.89. The number of hydrogen-bond donors (Lipinski definition) is 1. The molecule has 1 nitrogen and oxygen atoms in total. The van der Waals surface area contributed by atoms with E-state index in [1.807, 2.05) is 0 Å². The predicted octanol–water partition coefficient (Wildman–Crippen LogP) is 8.10. The topological polar surface area (TPSA) is 20.2 Å². The van der Waals surface area contributed by atoms with Gasteiger partial charge in [-0.25, -0.2) is 0 Å². The molecule has 0 heterocycles. The minimum Gasteiger partial charge on any atom is -0.375 e. The summed E-state index contributed by atoms with van der Waals surface area (Å²) in [6.07, 6.45) is -7.54. The van der Waals surface area contributed by atoms with E-state index in [0.717, 1.165) is 24.3 Å². The molecule has 0 aromatic heterocycles. The van der Waals surface area contributed by atoms with E-state index in [1.54, 1.807) is 60.7 Å². The SMILES string of the molecule is OC(/C(C#Cc1ccc(C(F)(F)F)cc1)=C/c1ccc(C(F)(F)F)cc1)(c1ccccc1)c1ccccc1. The van der Waals surface area contributed by atoms with Gasteiger partial charge in [0, 0.05) is 11.1 Å². The van der Waals surface area contributed by atoms with Gasteiger partial charge in [-0.15, -0.1) is 0 Å². The van der Waals surface area contributed by atoms with Crippen molar-refractivity contribution in [3.63, 3.8) is 0 Å². The normalized spacial score (nSPS) is 12.6. The molecule has 4 aromatic rings. The number of hydrogen-bond acceptors (Lipinski definition) is 1. The minimum atomic E-state index is -4.51. The summed E-state index contributed by atoms with van der Waals surface area (Å²) >= 11 is 0. The van der Waals surface area contributed by atoms with Crippen molar-refractivity contribution in [1.82, 2.24) is 0 Å². The molecule has 192 valence electrons. The molecule has 0 unspecified atom stereocenters. The summed E-state index contributed by atoms with van der Waals surface area (Å²) in [5.74, 6) is 5.68. The predicted molar refractivity (Wildman–Crippen MR) is 134 cm³/mol. The summed E-state index contributed by atoms with van der Waals surface area (Å²) in [5.41, 5.74) is -1.84. The zero-order chi connectivity index (χ0) is 27.4. The van der Waals surface area contributed by atoms with E-state index < -0.39 is 29.1 Å². The van der Waals surface area contributed by atoms with Gasteiger partial charge in [0.1, 0.15) is 5.60 Å². The highest BCUT2D eigenvalue weighted by Gasteiger charge is 2.36. The molecular formula is C31H20F6O. The van der Waals surface area contributed by atoms with E-state index in [0.29, 0.717) is 16.7 Å². The molecule has 0 fully saturated rings. The van der Waals surface area contributed by atoms with Crippen LogP contribution in [0.3, 0.4) is 0 Å². The van der Waals surface area contributed by atoms with E-state index in [1.165, 1.54) is 30.3 Å². The standard InChI is InChI=1S/C31H20F6O/c32-30(33,34)26-16-11-22(12-17-26)13-20-28(21-23-14-18-27(19-15-23)31(35,36)37)29(38,24-7-3-1-4-8-24)25-9-5-2-6-10-25/h1-12,14-19,21,38H/b28-21+. The Bertz CT molecular complexity index is 1420. The number of halogens is 6. The largest absolute Gasteiger partial charge is 0.416 e. The highest BCUT2D eigenvalue weighted by Crippen LogP contribution is 2.38. The smallest absolute Gasteiger partial charge is 0.375 e. The third kappa shape index (κ3) is 5.99. The van der Waals surface area contributed by atoms with E-state index in [4.69, 9.17) is 0 Å². The maximum Gasteiger partial charge on any atom is 0.416 e. The molecule has 4 aromatic carbocycles. The Morgan fingerprint density at radius 2 is 0.974 bits per heavy atom. The third-order valence-corrected chi connectivity index (χ3v) is 5.88. The molecule has 0 saturated carbocycles. The molecule has 0 saturated heterocycles. The summed E-state index contributed by atoms with van der Waals surface area (Å²) in [7, 11) is 0. The van der Waals surface area contributed by atoms with Crippen molar-refractivity contribution >= 4 is 6.08 Å². The summed E-state index contributed by atoms with van der Waals surface area (Å²) in [5, 5.41) is 12.2. The molecule has 38 heavy (non-hydrogen) atoms. The molecule has 0 bridgehead atoms. The van der Waals surface area contributed by atoms with E-state index in [9.17, 15) is 31.4 Å². The summed E-state index contributed by atoms with van der Waals surface area (Å²) in [6, 6.07) is 25.8. The molecule has 1 N–H and O–H groups in total. The van der Waals surface area contributed by atoms with Gasteiger partial charge in [0.25, 0.3) is 0 Å². The Kier molecular flexibility index (Phi) is 7.47. The van der Waals surface area contributed by atoms with E-state index in [2.05, 4.69) is 11.8 Å². The fraction of sp³-hybridized carbons (Fsp3) is 0.0968. The van der Waals surface area contributed by atoms with Crippen LogP contribution in [0.4, 0.5) is 26.3 Å². The first kappa shape index (κ1) is 26.8. The third-order valence-electron chi connectivity index (χ3n) is 5.88. The van der Waals surface area contributed by atoms with Gasteiger partial charge in [-0.3, -0.25) is 0 Å². The summed E-state index contributed by atoms with van der Waals surface area (Å²) < 4.78 is 78.1. The molecule has 0 aliphatic carbocycles. The van der Waals surface area contributed by atoms with Crippen LogP contribution >= 0.6 is 0 Å². The molecule has 4 rings (SSSR count). The Morgan fingerprint density at radius 3 is 1.39 bits per heavy atom. The maximum absolute atomic E-state index is 13.1. The van der Waals surface area contributed by atoms with Gasteiger partial charge in [0.15, 0.2) is 0 Å². The summed E-state index contributed by atoms with van der Waals surface area (Å²) in [4.78, 5) is 0. The van der Waals surface area contributed by atoms with Crippen LogP contribution in [-0.2, 0) is 18.0 Å². The van der Waals surface area contributed by atoms with E-state index in [-0.39, 0.29) is 11.1 Å². The lowest BCUT2D eigenvalue weighted by molar-refractivity contribution is -0.138. The molecule has 0 atom stereocenters. The van der Waals surface area contributed by atoms with Crippen LogP contribution in [0, 0.1) is 11.8 Å². The minimum absolute atomic E-state index is 0.120. The zero-order valence-electron chi connectivity index (χ0n) is 19.7. The lowest BCUT2D eigenvalue weighted by Gasteiger charge is -2.30. The second-order valence-electron chi connectivity index (χ2n) is 8.45. The van der Waals surface area contributed by atoms with Gasteiger partial charge in [-0.05, 0) is 59.2 Å². The summed E-state index contributed by atoms with van der Waals surface area (Å²) in [6.45, 7) is 0. The van der Waals surface area contributed by atoms with Crippen molar-refractivity contribution in [2.45, 2.75) is 18.0 Å². The Morgan fingerprint density at radius 1 is 0.553 bits per heavy atom. The van der Waals surface area contributed by atoms with E-state index >= 15 is 0 Å². The fourth-order valence-electron chi connectivity index (χ4n) is 3.88. The number of alkyl halides is 6. The van der Waals surface area contributed by atoms with Crippen molar-refractivity contribution in [1.29, 1.82) is 0 Å². The second-order valence-corrected chi connectivity index (χ2v) is 8.45. The average molecular weight is 522 g/mol. The van der Waals surface area contributed by atoms with Crippen LogP contribution in [0.1, 0.15) is 33.4 Å². The van der Waals surface area contributed by atoms with Crippen molar-refractivity contribution in [2.75, 3.05) is 0 Å². The average Bonchev–Trinajstić information content (AvgIpc) is 2.91. The molecule has 0 spiro atoms. The Labute approximate surface area is 215 Å². The maximum atomic E-state index is 13.1. The first-order chi connectivity index (χ1) is 18.0. The highest BCUT2D eigenvalue weighted by molar-refractivity contribution is 5.66. The molecule has 0 aliphatic rings. The quantitative estimate of drug-likeness (QED) is 0.212. The van der Waals surface area contributed by atoms with Crippen LogP contribution < -0.4 is 0 Å². The van der Waals surface area contributed by atoms with Crippen LogP contribution in [0.2, 0.25) is 0 Å². The van der Waals surface area contributed by atoms with Gasteiger partial charge in [-0.1, -0.05) is 84.6 Å². The molecule has 0 radical (unpaired) electrons. The van der Waals surface area contributed by atoms with Gasteiger partial charge in [0.2, 0.25) is 0 Å². The van der Waals surface area contributed by atoms with Gasteiger partial charge in [-0.2, -0.15) is 26.3 Å². The number of rotatable bonds is 4. The van der Waals surface area contributed by atoms with Gasteiger partial charge in [0.05, 0.1) is 11.1 Å². The van der Waals surface area contributed by atoms with Gasteiger partial charge < -0.3 is 5.11 Å². The number of benzene rings is 4. The molecular weight excluding hydrogens is 502 g/mol. The highest BCUT2D eigenvalue weighted by atomic mass is 19.4. The lowest BCUT2D eigenvalue weighted by Crippen LogP contribution is -2.29. The van der Waals surface area contributed by atoms with Crippen LogP contribution in [0.5, 0.6) is 0 Å². The van der Waals surface area contributed by atoms with Crippen LogP contribution in [0.25, 0.3) is 6.08 Å². The van der Waals surface area contributed by atoms with Gasteiger partial charge >= 0.3 is 12.4 Å². The second kappa shape index (κ2) is 10.6. The fourth-order valence-corrected chi connectivity index (χ4v) is 3.88. The number of aliphatic hydroxyl groups is 1. The Hall–Kier alpha value is -4.28. The molecule has 0 amide bonds. The zero-order valence-corrected chi connectivity index (χ0v) is 19.7. The lowest BCUT2D eigenvalue weighted by atomic mass is 9.79.